The second-order valence-corrected chi connectivity index (χ2v) is 19.8. The fourth-order valence-electron chi connectivity index (χ4n) is 10.5. The van der Waals surface area contributed by atoms with Gasteiger partial charge in [-0.1, -0.05) is 68.0 Å². The van der Waals surface area contributed by atoms with Crippen LogP contribution in [-0.4, -0.2) is 115 Å². The number of aromatic nitrogens is 2. The summed E-state index contributed by atoms with van der Waals surface area (Å²) in [6, 6.07) is 0. The van der Waals surface area contributed by atoms with E-state index >= 15 is 0 Å². The second-order valence-electron chi connectivity index (χ2n) is 19.8. The molecule has 0 saturated carbocycles. The molecule has 7 rings (SSSR count). The minimum absolute atomic E-state index is 0.0256. The van der Waals surface area contributed by atoms with Crippen molar-refractivity contribution in [3.8, 4) is 0 Å². The first-order valence-electron chi connectivity index (χ1n) is 24.3. The summed E-state index contributed by atoms with van der Waals surface area (Å²) in [4.78, 5) is 22.9. The summed E-state index contributed by atoms with van der Waals surface area (Å²) >= 11 is 0. The normalized spacial score (nSPS) is 36.3. The first-order valence-corrected chi connectivity index (χ1v) is 24.3. The van der Waals surface area contributed by atoms with Gasteiger partial charge in [-0.2, -0.15) is 0 Å². The molecule has 2 aromatic rings. The highest BCUT2D eigenvalue weighted by molar-refractivity contribution is 5.82. The fraction of sp³-hybridized carbons (Fsp3) is 0.604. The number of aliphatic hydroxyl groups excluding tert-OH is 4. The van der Waals surface area contributed by atoms with Crippen LogP contribution in [0.4, 0.5) is 0 Å². The van der Waals surface area contributed by atoms with Gasteiger partial charge >= 0.3 is 5.97 Å². The van der Waals surface area contributed by atoms with E-state index in [1.165, 1.54) is 12.3 Å². The Hall–Kier alpha value is -4.29. The molecule has 7 heterocycles. The molecule has 4 saturated heterocycles. The van der Waals surface area contributed by atoms with Crippen molar-refractivity contribution in [3.63, 3.8) is 0 Å². The number of oxazole rings is 2. The van der Waals surface area contributed by atoms with Gasteiger partial charge in [-0.25, -0.2) is 14.8 Å². The summed E-state index contributed by atoms with van der Waals surface area (Å²) in [5, 5.41) is 53.6. The van der Waals surface area contributed by atoms with Gasteiger partial charge in [0.25, 0.3) is 0 Å². The van der Waals surface area contributed by atoms with E-state index in [1.54, 1.807) is 24.5 Å². The van der Waals surface area contributed by atoms with Crippen molar-refractivity contribution < 1.29 is 62.8 Å². The van der Waals surface area contributed by atoms with Gasteiger partial charge in [-0.3, -0.25) is 0 Å². The Labute approximate surface area is 400 Å². The topological polar surface area (TPSA) is 216 Å². The monoisotopic (exact) mass is 945 g/mol. The maximum absolute atomic E-state index is 13.5. The zero-order valence-corrected chi connectivity index (χ0v) is 39.9. The van der Waals surface area contributed by atoms with Crippen LogP contribution < -0.4 is 0 Å². The van der Waals surface area contributed by atoms with Crippen LogP contribution >= 0.6 is 0 Å². The van der Waals surface area contributed by atoms with E-state index < -0.39 is 48.4 Å². The second kappa shape index (κ2) is 23.5. The fourth-order valence-corrected chi connectivity index (χ4v) is 10.5. The molecule has 4 fully saturated rings. The molecule has 15 nitrogen and oxygen atoms in total. The summed E-state index contributed by atoms with van der Waals surface area (Å²) in [5.41, 5.74) is 3.75. The Balaban J connectivity index is 1.07. The number of nitrogens with zero attached hydrogens (tertiary/aromatic N) is 2. The number of ether oxygens (including phenoxy) is 5. The molecule has 2 aromatic heterocycles. The van der Waals surface area contributed by atoms with Crippen molar-refractivity contribution in [3.05, 3.63) is 108 Å². The molecule has 0 aliphatic carbocycles. The third kappa shape index (κ3) is 13.7. The molecule has 0 aromatic carbocycles. The van der Waals surface area contributed by atoms with Crippen molar-refractivity contribution in [2.75, 3.05) is 13.2 Å². The zero-order valence-electron chi connectivity index (χ0n) is 39.9. The summed E-state index contributed by atoms with van der Waals surface area (Å²) in [7, 11) is 0. The highest BCUT2D eigenvalue weighted by Crippen LogP contribution is 2.40. The predicted octanol–water partition coefficient (Wildman–Crippen LogP) is 7.22. The van der Waals surface area contributed by atoms with Gasteiger partial charge < -0.3 is 58.1 Å². The lowest BCUT2D eigenvalue weighted by atomic mass is 9.79. The Morgan fingerprint density at radius 2 is 1.75 bits per heavy atom. The Morgan fingerprint density at radius 1 is 0.956 bits per heavy atom. The molecule has 372 valence electrons. The Morgan fingerprint density at radius 3 is 2.53 bits per heavy atom. The summed E-state index contributed by atoms with van der Waals surface area (Å²) in [6.07, 6.45) is 19.1. The third-order valence-electron chi connectivity index (χ3n) is 13.9. The van der Waals surface area contributed by atoms with E-state index in [2.05, 4.69) is 18.1 Å². The van der Waals surface area contributed by atoms with E-state index in [4.69, 9.17) is 37.5 Å². The number of hydrogen-bond acceptors (Lipinski definition) is 15. The highest BCUT2D eigenvalue weighted by atomic mass is 16.6. The molecular formula is C53H72N2O13. The minimum atomic E-state index is -1.78. The van der Waals surface area contributed by atoms with Gasteiger partial charge in [0.15, 0.2) is 11.7 Å². The SMILES string of the molecule is C=CC[C@H](/C=C/C(C)=C/[C@@H](O)[C@H]1C[C@@H](CO)C[C@@](O)(Cc2nc(/C=C(\C)[C@@H]3O[C@@H]4C/C=C/c5nc(co5)[C@H]5C[C@H](O)C[C@@H](C[C@H]6CC(=C)C[C@H](C/C=C\C(=O)O[C@@H]([C@H]4C)[C@H]3C)O6)O5)co2)O1)CO. The predicted molar refractivity (Wildman–Crippen MR) is 253 cm³/mol. The van der Waals surface area contributed by atoms with Crippen LogP contribution in [0.3, 0.4) is 0 Å². The van der Waals surface area contributed by atoms with E-state index in [1.807, 2.05) is 58.1 Å². The largest absolute Gasteiger partial charge is 0.458 e. The molecule has 0 radical (unpaired) electrons. The number of allylic oxidation sites excluding steroid dienone is 3. The number of aliphatic hydroxyl groups is 5. The van der Waals surface area contributed by atoms with Crippen molar-refractivity contribution in [2.45, 2.75) is 165 Å². The average Bonchev–Trinajstić information content (AvgIpc) is 3.95. The van der Waals surface area contributed by atoms with E-state index in [-0.39, 0.29) is 80.0 Å². The lowest BCUT2D eigenvalue weighted by Gasteiger charge is -2.44. The van der Waals surface area contributed by atoms with Gasteiger partial charge in [0.1, 0.15) is 36.1 Å². The molecule has 0 unspecified atom stereocenters. The number of carbonyl (C=O) groups is 1. The van der Waals surface area contributed by atoms with Crippen molar-refractivity contribution >= 4 is 18.1 Å². The molecule has 68 heavy (non-hydrogen) atoms. The number of carbonyl (C=O) groups excluding carboxylic acids is 1. The number of fused-ring (bicyclic) bond motifs is 9. The molecule has 8 bridgehead atoms. The zero-order chi connectivity index (χ0) is 48.5. The number of rotatable bonds is 12. The van der Waals surface area contributed by atoms with Crippen LogP contribution in [0.25, 0.3) is 12.2 Å². The quantitative estimate of drug-likeness (QED) is 0.0807. The third-order valence-corrected chi connectivity index (χ3v) is 13.9. The highest BCUT2D eigenvalue weighted by Gasteiger charge is 2.45. The average molecular weight is 945 g/mol. The summed E-state index contributed by atoms with van der Waals surface area (Å²) in [5.74, 6) is -2.51. The maximum Gasteiger partial charge on any atom is 0.330 e. The Bertz CT molecular complexity index is 2170. The minimum Gasteiger partial charge on any atom is -0.458 e. The van der Waals surface area contributed by atoms with Crippen LogP contribution in [0.1, 0.15) is 121 Å². The van der Waals surface area contributed by atoms with Crippen molar-refractivity contribution in [2.24, 2.45) is 23.7 Å². The van der Waals surface area contributed by atoms with Crippen LogP contribution in [0.15, 0.2) is 93.8 Å². The lowest BCUT2D eigenvalue weighted by molar-refractivity contribution is -0.279. The van der Waals surface area contributed by atoms with Crippen molar-refractivity contribution in [1.82, 2.24) is 9.97 Å². The molecule has 5 aliphatic rings. The molecule has 0 amide bonds. The van der Waals surface area contributed by atoms with Crippen molar-refractivity contribution in [1.29, 1.82) is 0 Å². The summed E-state index contributed by atoms with van der Waals surface area (Å²) in [6.45, 7) is 15.6. The molecule has 5 N–H and O–H groups in total. The summed E-state index contributed by atoms with van der Waals surface area (Å²) < 4.78 is 43.9. The van der Waals surface area contributed by atoms with E-state index in [0.717, 1.165) is 16.7 Å². The van der Waals surface area contributed by atoms with E-state index in [0.29, 0.717) is 75.1 Å². The molecule has 0 spiro atoms. The number of hydrogen-bond donors (Lipinski definition) is 5. The van der Waals surface area contributed by atoms with Gasteiger partial charge in [-0.05, 0) is 82.4 Å². The standard InChI is InChI=1S/C53H72N2O13/c1-7-10-36(27-56)16-15-31(2)19-44(59)47-21-37(28-57)25-53(61,68-47)26-49-54-38(29-62-49)20-33(4)51-35(6)52-34(5)45(66-51)12-9-13-48-55-43(30-63-48)46-23-39(58)22-42(65-46)24-41-18-32(3)17-40(64-41)11-8-14-50(60)67-52/h7-9,13-16,19-20,29-30,34-37,39-42,44-47,51-52,56-59,61H,1,3,10-12,17-18,21-28H2,2,4-6H3/b13-9+,14-8-,16-15+,31-19+,33-20+/t34-,35-,36+,37+,39+,40-,41+,42-,44+,45+,46+,47+,51-,52-,53-/m0/s1. The Kier molecular flexibility index (Phi) is 17.9. The smallest absolute Gasteiger partial charge is 0.330 e. The van der Waals surface area contributed by atoms with E-state index in [9.17, 15) is 30.3 Å². The van der Waals surface area contributed by atoms with Gasteiger partial charge in [0.2, 0.25) is 5.89 Å². The molecule has 5 aliphatic heterocycles. The van der Waals surface area contributed by atoms with Gasteiger partial charge in [-0.15, -0.1) is 6.58 Å². The van der Waals surface area contributed by atoms with Crippen LogP contribution in [0, 0.1) is 23.7 Å². The first kappa shape index (κ1) is 51.6. The maximum atomic E-state index is 13.5. The first-order chi connectivity index (χ1) is 32.6. The van der Waals surface area contributed by atoms with Crippen LogP contribution in [0.5, 0.6) is 0 Å². The van der Waals surface area contributed by atoms with Gasteiger partial charge in [0.05, 0.1) is 55.3 Å². The molecule has 15 atom stereocenters. The molecular weight excluding hydrogens is 873 g/mol. The van der Waals surface area contributed by atoms with Gasteiger partial charge in [0, 0.05) is 56.3 Å². The lowest BCUT2D eigenvalue weighted by Crippen LogP contribution is -2.50. The van der Waals surface area contributed by atoms with Crippen LogP contribution in [0.2, 0.25) is 0 Å². The van der Waals surface area contributed by atoms with Crippen LogP contribution in [-0.2, 0) is 34.9 Å². The molecule has 15 heteroatoms. The number of esters is 1.